The van der Waals surface area contributed by atoms with Gasteiger partial charge in [-0.05, 0) is 62.2 Å². The maximum atomic E-state index is 13.5. The van der Waals surface area contributed by atoms with Gasteiger partial charge in [0, 0.05) is 37.3 Å². The first-order chi connectivity index (χ1) is 18.2. The largest absolute Gasteiger partial charge is 0.593 e. The summed E-state index contributed by atoms with van der Waals surface area (Å²) in [5.41, 5.74) is 2.24. The first-order valence-electron chi connectivity index (χ1n) is 12.3. The third kappa shape index (κ3) is 6.88. The van der Waals surface area contributed by atoms with E-state index in [0.29, 0.717) is 27.5 Å². The SMILES string of the molecule is COc1cc([S+]([O-])N(C)C)ccc1NCC#Cc1cc2c(NC3CCNCC3)cccc2n1CC(F)(F)F. The normalized spacial score (nSPS) is 15.3. The lowest BCUT2D eigenvalue weighted by Crippen LogP contribution is -2.35. The van der Waals surface area contributed by atoms with E-state index in [0.717, 1.165) is 37.0 Å². The lowest BCUT2D eigenvalue weighted by molar-refractivity contribution is -0.140. The number of hydrogen-bond donors (Lipinski definition) is 3. The summed E-state index contributed by atoms with van der Waals surface area (Å²) in [6, 6.07) is 12.5. The lowest BCUT2D eigenvalue weighted by atomic mass is 10.1. The number of methoxy groups -OCH3 is 1. The fraction of sp³-hybridized carbons (Fsp3) is 0.407. The van der Waals surface area contributed by atoms with E-state index in [4.69, 9.17) is 4.74 Å². The van der Waals surface area contributed by atoms with Crippen LogP contribution in [0.5, 0.6) is 5.75 Å². The minimum absolute atomic E-state index is 0.181. The molecule has 3 N–H and O–H groups in total. The van der Waals surface area contributed by atoms with Crippen molar-refractivity contribution in [3.63, 3.8) is 0 Å². The number of hydrogen-bond acceptors (Lipinski definition) is 6. The van der Waals surface area contributed by atoms with Gasteiger partial charge in [-0.15, -0.1) is 4.31 Å². The number of fused-ring (bicyclic) bond motifs is 1. The third-order valence-electron chi connectivity index (χ3n) is 6.27. The molecule has 1 fully saturated rings. The van der Waals surface area contributed by atoms with Gasteiger partial charge < -0.3 is 29.8 Å². The van der Waals surface area contributed by atoms with Crippen molar-refractivity contribution in [1.29, 1.82) is 0 Å². The van der Waals surface area contributed by atoms with Crippen LogP contribution in [0.15, 0.2) is 47.4 Å². The van der Waals surface area contributed by atoms with Crippen molar-refractivity contribution < 1.29 is 22.5 Å². The molecule has 1 saturated heterocycles. The summed E-state index contributed by atoms with van der Waals surface area (Å²) in [6.07, 6.45) is -2.48. The minimum Gasteiger partial charge on any atom is -0.593 e. The summed E-state index contributed by atoms with van der Waals surface area (Å²) in [5, 5.41) is 10.7. The van der Waals surface area contributed by atoms with Crippen molar-refractivity contribution in [3.8, 4) is 17.6 Å². The minimum atomic E-state index is -4.39. The zero-order valence-corrected chi connectivity index (χ0v) is 22.4. The average Bonchev–Trinajstić information content (AvgIpc) is 3.23. The van der Waals surface area contributed by atoms with Crippen LogP contribution in [0.3, 0.4) is 0 Å². The summed E-state index contributed by atoms with van der Waals surface area (Å²) in [4.78, 5) is 0.592. The van der Waals surface area contributed by atoms with Crippen LogP contribution >= 0.6 is 0 Å². The van der Waals surface area contributed by atoms with E-state index in [1.165, 1.54) is 11.7 Å². The van der Waals surface area contributed by atoms with Crippen molar-refractivity contribution in [2.75, 3.05) is 51.5 Å². The number of nitrogens with zero attached hydrogens (tertiary/aromatic N) is 2. The van der Waals surface area contributed by atoms with Gasteiger partial charge in [0.15, 0.2) is 4.90 Å². The number of benzene rings is 2. The number of alkyl halides is 3. The second-order valence-electron chi connectivity index (χ2n) is 9.22. The molecule has 204 valence electrons. The molecule has 7 nitrogen and oxygen atoms in total. The standard InChI is InChI=1S/C27H32F3N5O2S/c1-34(2)38(36)21-9-10-24(26(17-21)37-3)32-13-5-6-20-16-22-23(33-19-11-14-31-15-12-19)7-4-8-25(22)35(20)18-27(28,29)30/h4,7-10,16-17,19,31-33H,11-15,18H2,1-3H3. The monoisotopic (exact) mass is 547 g/mol. The Balaban J connectivity index is 1.57. The van der Waals surface area contributed by atoms with Crippen molar-refractivity contribution in [2.24, 2.45) is 0 Å². The van der Waals surface area contributed by atoms with Gasteiger partial charge in [0.2, 0.25) is 0 Å². The first kappa shape index (κ1) is 28.0. The fourth-order valence-corrected chi connectivity index (χ4v) is 5.27. The molecule has 11 heteroatoms. The number of anilines is 2. The van der Waals surface area contributed by atoms with Gasteiger partial charge in [-0.2, -0.15) is 13.2 Å². The molecule has 0 radical (unpaired) electrons. The molecule has 1 aromatic heterocycles. The first-order valence-corrected chi connectivity index (χ1v) is 13.4. The molecule has 0 saturated carbocycles. The Labute approximate surface area is 224 Å². The van der Waals surface area contributed by atoms with Crippen LogP contribution in [0.2, 0.25) is 0 Å². The van der Waals surface area contributed by atoms with Crippen LogP contribution < -0.4 is 20.7 Å². The van der Waals surface area contributed by atoms with E-state index in [2.05, 4.69) is 27.8 Å². The topological polar surface area (TPSA) is 76.6 Å². The van der Waals surface area contributed by atoms with Crippen molar-refractivity contribution >= 4 is 33.6 Å². The molecule has 1 aliphatic rings. The highest BCUT2D eigenvalue weighted by molar-refractivity contribution is 7.89. The van der Waals surface area contributed by atoms with Crippen LogP contribution in [0.25, 0.3) is 10.9 Å². The van der Waals surface area contributed by atoms with E-state index in [1.807, 2.05) is 6.07 Å². The van der Waals surface area contributed by atoms with Gasteiger partial charge in [-0.3, -0.25) is 0 Å². The van der Waals surface area contributed by atoms with E-state index in [1.54, 1.807) is 54.8 Å². The van der Waals surface area contributed by atoms with Crippen LogP contribution in [-0.4, -0.2) is 66.5 Å². The summed E-state index contributed by atoms with van der Waals surface area (Å²) in [5.74, 6) is 6.37. The number of ether oxygens (including phenoxy) is 1. The van der Waals surface area contributed by atoms with Gasteiger partial charge >= 0.3 is 6.18 Å². The highest BCUT2D eigenvalue weighted by Gasteiger charge is 2.30. The summed E-state index contributed by atoms with van der Waals surface area (Å²) < 4.78 is 61.0. The molecule has 38 heavy (non-hydrogen) atoms. The van der Waals surface area contributed by atoms with Crippen LogP contribution in [0.4, 0.5) is 24.5 Å². The van der Waals surface area contributed by atoms with Crippen molar-refractivity contribution in [1.82, 2.24) is 14.2 Å². The molecule has 3 aromatic rings. The number of aromatic nitrogens is 1. The zero-order chi connectivity index (χ0) is 27.3. The van der Waals surface area contributed by atoms with Crippen LogP contribution in [0, 0.1) is 11.8 Å². The Morgan fingerprint density at radius 1 is 1.16 bits per heavy atom. The molecule has 4 rings (SSSR count). The average molecular weight is 548 g/mol. The zero-order valence-electron chi connectivity index (χ0n) is 21.6. The second-order valence-corrected chi connectivity index (χ2v) is 10.9. The third-order valence-corrected chi connectivity index (χ3v) is 7.59. The lowest BCUT2D eigenvalue weighted by Gasteiger charge is -2.25. The molecule has 0 spiro atoms. The number of nitrogens with one attached hydrogen (secondary N) is 3. The van der Waals surface area contributed by atoms with Gasteiger partial charge in [-0.1, -0.05) is 12.0 Å². The molecule has 0 aliphatic carbocycles. The summed E-state index contributed by atoms with van der Waals surface area (Å²) in [6.45, 7) is 0.879. The molecule has 1 unspecified atom stereocenters. The van der Waals surface area contributed by atoms with E-state index in [-0.39, 0.29) is 12.6 Å². The molecule has 1 aliphatic heterocycles. The Morgan fingerprint density at radius 3 is 2.61 bits per heavy atom. The van der Waals surface area contributed by atoms with Gasteiger partial charge in [0.25, 0.3) is 0 Å². The summed E-state index contributed by atoms with van der Waals surface area (Å²) >= 11 is -1.32. The number of piperidine rings is 1. The molecular formula is C27H32F3N5O2S. The van der Waals surface area contributed by atoms with Crippen LogP contribution in [-0.2, 0) is 17.9 Å². The second kappa shape index (κ2) is 12.2. The molecular weight excluding hydrogens is 515 g/mol. The van der Waals surface area contributed by atoms with Crippen molar-refractivity contribution in [3.05, 3.63) is 48.2 Å². The number of halogens is 3. The van der Waals surface area contributed by atoms with Gasteiger partial charge in [0.05, 0.1) is 41.9 Å². The molecule has 2 aromatic carbocycles. The predicted molar refractivity (Wildman–Crippen MR) is 146 cm³/mol. The quantitative estimate of drug-likeness (QED) is 0.286. The Morgan fingerprint density at radius 2 is 1.92 bits per heavy atom. The van der Waals surface area contributed by atoms with E-state index >= 15 is 0 Å². The number of rotatable bonds is 8. The van der Waals surface area contributed by atoms with E-state index in [9.17, 15) is 17.7 Å². The Hall–Kier alpha value is -3.04. The molecule has 1 atom stereocenters. The maximum Gasteiger partial charge on any atom is 0.406 e. The van der Waals surface area contributed by atoms with E-state index < -0.39 is 24.1 Å². The molecule has 2 heterocycles. The highest BCUT2D eigenvalue weighted by Crippen LogP contribution is 2.31. The maximum absolute atomic E-state index is 13.5. The smallest absolute Gasteiger partial charge is 0.406 e. The molecule has 0 bridgehead atoms. The Kier molecular flexibility index (Phi) is 8.99. The van der Waals surface area contributed by atoms with Crippen LogP contribution in [0.1, 0.15) is 18.5 Å². The van der Waals surface area contributed by atoms with Crippen molar-refractivity contribution in [2.45, 2.75) is 36.5 Å². The highest BCUT2D eigenvalue weighted by atomic mass is 32.2. The Bertz CT molecular complexity index is 1310. The fourth-order valence-electron chi connectivity index (χ4n) is 4.46. The predicted octanol–water partition coefficient (Wildman–Crippen LogP) is 4.42. The van der Waals surface area contributed by atoms with Gasteiger partial charge in [-0.25, -0.2) is 0 Å². The van der Waals surface area contributed by atoms with Gasteiger partial charge in [0.1, 0.15) is 12.3 Å². The molecule has 0 amide bonds. The summed E-state index contributed by atoms with van der Waals surface area (Å²) in [7, 11) is 4.95.